The van der Waals surface area contributed by atoms with Gasteiger partial charge in [-0.2, -0.15) is 4.99 Å². The predicted molar refractivity (Wildman–Crippen MR) is 135 cm³/mol. The third kappa shape index (κ3) is 5.85. The van der Waals surface area contributed by atoms with Gasteiger partial charge in [-0.1, -0.05) is 42.5 Å². The number of methoxy groups -OCH3 is 1. The summed E-state index contributed by atoms with van der Waals surface area (Å²) in [5, 5.41) is 0. The van der Waals surface area contributed by atoms with Gasteiger partial charge in [0.25, 0.3) is 15.9 Å². The lowest BCUT2D eigenvalue weighted by Gasteiger charge is -2.11. The Morgan fingerprint density at radius 2 is 1.66 bits per heavy atom. The molecular formula is C27H25N3O4S. The van der Waals surface area contributed by atoms with Crippen LogP contribution in [0, 0.1) is 6.92 Å². The lowest BCUT2D eigenvalue weighted by atomic mass is 10.1. The van der Waals surface area contributed by atoms with Crippen LogP contribution in [0.5, 0.6) is 5.75 Å². The van der Waals surface area contributed by atoms with Gasteiger partial charge in [0.15, 0.2) is 0 Å². The average molecular weight is 488 g/mol. The number of nitrogens with zero attached hydrogens (tertiary/aromatic N) is 2. The molecule has 1 aromatic heterocycles. The first-order valence-electron chi connectivity index (χ1n) is 10.9. The van der Waals surface area contributed by atoms with Crippen molar-refractivity contribution in [3.63, 3.8) is 0 Å². The summed E-state index contributed by atoms with van der Waals surface area (Å²) < 4.78 is 35.4. The smallest absolute Gasteiger partial charge is 0.279 e. The van der Waals surface area contributed by atoms with Gasteiger partial charge in [-0.3, -0.25) is 9.52 Å². The quantitative estimate of drug-likeness (QED) is 0.419. The monoisotopic (exact) mass is 487 g/mol. The standard InChI is InChI=1S/C27H25N3O4S/c1-20-11-16-24(35(32,33)29-22-12-14-23(34-2)15-13-22)18-25(20)27(31)28-26-10-6-7-17-30(26)19-21-8-4-3-5-9-21/h3-18,29H,19H2,1-2H3. The summed E-state index contributed by atoms with van der Waals surface area (Å²) >= 11 is 0. The molecule has 0 saturated carbocycles. The van der Waals surface area contributed by atoms with E-state index in [1.807, 2.05) is 47.2 Å². The van der Waals surface area contributed by atoms with E-state index in [2.05, 4.69) is 9.71 Å². The highest BCUT2D eigenvalue weighted by atomic mass is 32.2. The van der Waals surface area contributed by atoms with Crippen LogP contribution < -0.4 is 14.9 Å². The zero-order valence-electron chi connectivity index (χ0n) is 19.4. The van der Waals surface area contributed by atoms with Crippen molar-refractivity contribution in [1.82, 2.24) is 4.57 Å². The molecule has 0 radical (unpaired) electrons. The van der Waals surface area contributed by atoms with Gasteiger partial charge in [0.05, 0.1) is 12.0 Å². The minimum absolute atomic E-state index is 0.0253. The van der Waals surface area contributed by atoms with Gasteiger partial charge in [-0.15, -0.1) is 0 Å². The van der Waals surface area contributed by atoms with Crippen LogP contribution in [0.4, 0.5) is 5.69 Å². The van der Waals surface area contributed by atoms with Crippen LogP contribution in [0.1, 0.15) is 21.5 Å². The molecule has 8 heteroatoms. The molecule has 1 N–H and O–H groups in total. The Kier molecular flexibility index (Phi) is 7.12. The Balaban J connectivity index is 1.64. The average Bonchev–Trinajstić information content (AvgIpc) is 2.86. The molecule has 0 bridgehead atoms. The van der Waals surface area contributed by atoms with Crippen molar-refractivity contribution in [2.45, 2.75) is 18.4 Å². The summed E-state index contributed by atoms with van der Waals surface area (Å²) in [7, 11) is -2.38. The fourth-order valence-corrected chi connectivity index (χ4v) is 4.60. The van der Waals surface area contributed by atoms with Crippen molar-refractivity contribution < 1.29 is 17.9 Å². The molecule has 0 spiro atoms. The Hall–Kier alpha value is -4.17. The lowest BCUT2D eigenvalue weighted by molar-refractivity contribution is 0.0996. The second-order valence-electron chi connectivity index (χ2n) is 7.90. The topological polar surface area (TPSA) is 89.8 Å². The summed E-state index contributed by atoms with van der Waals surface area (Å²) in [4.78, 5) is 17.4. The van der Waals surface area contributed by atoms with Crippen LogP contribution in [0.25, 0.3) is 0 Å². The number of sulfonamides is 1. The van der Waals surface area contributed by atoms with Crippen LogP contribution in [0.2, 0.25) is 0 Å². The number of aromatic nitrogens is 1. The zero-order chi connectivity index (χ0) is 24.8. The lowest BCUT2D eigenvalue weighted by Crippen LogP contribution is -2.22. The Labute approximate surface area is 204 Å². The van der Waals surface area contributed by atoms with Crippen LogP contribution >= 0.6 is 0 Å². The van der Waals surface area contributed by atoms with Gasteiger partial charge in [0.1, 0.15) is 11.2 Å². The third-order valence-electron chi connectivity index (χ3n) is 5.42. The summed E-state index contributed by atoms with van der Waals surface area (Å²) in [6, 6.07) is 26.2. The van der Waals surface area contributed by atoms with E-state index >= 15 is 0 Å². The maximum absolute atomic E-state index is 13.1. The Morgan fingerprint density at radius 1 is 0.943 bits per heavy atom. The SMILES string of the molecule is COc1ccc(NS(=O)(=O)c2ccc(C)c(C(=O)N=c3ccccn3Cc3ccccc3)c2)cc1. The maximum atomic E-state index is 13.1. The van der Waals surface area contributed by atoms with E-state index in [0.29, 0.717) is 29.0 Å². The maximum Gasteiger partial charge on any atom is 0.279 e. The van der Waals surface area contributed by atoms with Crippen LogP contribution in [-0.4, -0.2) is 26.0 Å². The fourth-order valence-electron chi connectivity index (χ4n) is 3.52. The molecule has 0 atom stereocenters. The van der Waals surface area contributed by atoms with Crippen LogP contribution in [0.15, 0.2) is 107 Å². The summed E-state index contributed by atoms with van der Waals surface area (Å²) in [5.74, 6) is 0.0974. The van der Waals surface area contributed by atoms with E-state index in [9.17, 15) is 13.2 Å². The number of amides is 1. The molecule has 4 rings (SSSR count). The molecule has 0 aliphatic heterocycles. The van der Waals surface area contributed by atoms with E-state index in [1.165, 1.54) is 19.2 Å². The third-order valence-corrected chi connectivity index (χ3v) is 6.80. The van der Waals surface area contributed by atoms with E-state index < -0.39 is 15.9 Å². The minimum atomic E-state index is -3.92. The number of anilines is 1. The number of rotatable bonds is 7. The molecule has 0 aliphatic carbocycles. The number of aryl methyl sites for hydroxylation is 1. The normalized spacial score (nSPS) is 11.8. The molecule has 3 aromatic carbocycles. The largest absolute Gasteiger partial charge is 0.497 e. The molecule has 178 valence electrons. The number of ether oxygens (including phenoxy) is 1. The number of carbonyl (C=O) groups excluding carboxylic acids is 1. The summed E-state index contributed by atoms with van der Waals surface area (Å²) in [5.41, 5.74) is 2.78. The van der Waals surface area contributed by atoms with Crippen molar-refractivity contribution in [1.29, 1.82) is 0 Å². The first-order chi connectivity index (χ1) is 16.9. The number of hydrogen-bond acceptors (Lipinski definition) is 4. The molecular weight excluding hydrogens is 462 g/mol. The van der Waals surface area contributed by atoms with Gasteiger partial charge in [0, 0.05) is 24.0 Å². The summed E-state index contributed by atoms with van der Waals surface area (Å²) in [6.45, 7) is 2.30. The van der Waals surface area contributed by atoms with E-state index in [0.717, 1.165) is 5.56 Å². The molecule has 35 heavy (non-hydrogen) atoms. The molecule has 1 heterocycles. The Morgan fingerprint density at radius 3 is 2.37 bits per heavy atom. The molecule has 0 fully saturated rings. The number of carbonyl (C=O) groups is 1. The molecule has 4 aromatic rings. The van der Waals surface area contributed by atoms with E-state index in [4.69, 9.17) is 4.74 Å². The van der Waals surface area contributed by atoms with E-state index in [1.54, 1.807) is 49.4 Å². The van der Waals surface area contributed by atoms with Crippen molar-refractivity contribution in [3.8, 4) is 5.75 Å². The fraction of sp³-hybridized carbons (Fsp3) is 0.111. The van der Waals surface area contributed by atoms with Crippen molar-refractivity contribution in [2.24, 2.45) is 4.99 Å². The Bertz CT molecular complexity index is 1510. The molecule has 0 unspecified atom stereocenters. The zero-order valence-corrected chi connectivity index (χ0v) is 20.2. The number of benzene rings is 3. The predicted octanol–water partition coefficient (Wildman–Crippen LogP) is 4.40. The minimum Gasteiger partial charge on any atom is -0.497 e. The van der Waals surface area contributed by atoms with Gasteiger partial charge in [-0.05, 0) is 66.6 Å². The van der Waals surface area contributed by atoms with Gasteiger partial charge >= 0.3 is 0 Å². The van der Waals surface area contributed by atoms with Gasteiger partial charge in [0.2, 0.25) is 0 Å². The van der Waals surface area contributed by atoms with Crippen LogP contribution in [-0.2, 0) is 16.6 Å². The second-order valence-corrected chi connectivity index (χ2v) is 9.58. The number of pyridine rings is 1. The first kappa shape index (κ1) is 24.0. The molecule has 0 aliphatic rings. The van der Waals surface area contributed by atoms with Gasteiger partial charge in [-0.25, -0.2) is 8.42 Å². The second kappa shape index (κ2) is 10.4. The number of hydrogen-bond donors (Lipinski definition) is 1. The highest BCUT2D eigenvalue weighted by Crippen LogP contribution is 2.21. The van der Waals surface area contributed by atoms with Crippen molar-refractivity contribution >= 4 is 21.6 Å². The van der Waals surface area contributed by atoms with Crippen molar-refractivity contribution in [3.05, 3.63) is 119 Å². The molecule has 1 amide bonds. The van der Waals surface area contributed by atoms with Gasteiger partial charge < -0.3 is 9.30 Å². The highest BCUT2D eigenvalue weighted by molar-refractivity contribution is 7.92. The highest BCUT2D eigenvalue weighted by Gasteiger charge is 2.18. The van der Waals surface area contributed by atoms with Crippen LogP contribution in [0.3, 0.4) is 0 Å². The number of nitrogens with one attached hydrogen (secondary N) is 1. The van der Waals surface area contributed by atoms with Crippen molar-refractivity contribution in [2.75, 3.05) is 11.8 Å². The summed E-state index contributed by atoms with van der Waals surface area (Å²) in [6.07, 6.45) is 1.85. The van der Waals surface area contributed by atoms with E-state index in [-0.39, 0.29) is 10.5 Å². The first-order valence-corrected chi connectivity index (χ1v) is 12.4. The molecule has 7 nitrogen and oxygen atoms in total. The molecule has 0 saturated heterocycles.